The van der Waals surface area contributed by atoms with Gasteiger partial charge >= 0.3 is 0 Å². The molecule has 0 radical (unpaired) electrons. The molecule has 0 bridgehead atoms. The molecule has 0 atom stereocenters. The van der Waals surface area contributed by atoms with E-state index in [0.717, 1.165) is 24.2 Å². The van der Waals surface area contributed by atoms with Crippen molar-refractivity contribution in [3.8, 4) is 0 Å². The summed E-state index contributed by atoms with van der Waals surface area (Å²) in [5.41, 5.74) is 3.16. The van der Waals surface area contributed by atoms with Gasteiger partial charge in [-0.25, -0.2) is 9.38 Å². The number of hydrogen-bond acceptors (Lipinski definition) is 3. The van der Waals surface area contributed by atoms with Crippen LogP contribution in [0.5, 0.6) is 0 Å². The van der Waals surface area contributed by atoms with Crippen molar-refractivity contribution in [1.29, 1.82) is 0 Å². The Hall–Kier alpha value is -3.21. The fourth-order valence-corrected chi connectivity index (χ4v) is 2.99. The largest absolute Gasteiger partial charge is 0.375 e. The van der Waals surface area contributed by atoms with Gasteiger partial charge in [-0.05, 0) is 54.0 Å². The number of amides is 1. The molecule has 144 valence electrons. The molecule has 0 unspecified atom stereocenters. The fourth-order valence-electron chi connectivity index (χ4n) is 2.99. The Morgan fingerprint density at radius 1 is 1.11 bits per heavy atom. The molecule has 1 amide bonds. The average molecular weight is 377 g/mol. The topological polar surface area (TPSA) is 35.9 Å². The Balaban J connectivity index is 1.79. The smallest absolute Gasteiger partial charge is 0.277 e. The Kier molecular flexibility index (Phi) is 6.04. The van der Waals surface area contributed by atoms with E-state index in [0.29, 0.717) is 17.1 Å². The van der Waals surface area contributed by atoms with E-state index >= 15 is 0 Å². The first kappa shape index (κ1) is 19.5. The summed E-state index contributed by atoms with van der Waals surface area (Å²) < 4.78 is 13.3. The van der Waals surface area contributed by atoms with Gasteiger partial charge in [0.15, 0.2) is 0 Å². The van der Waals surface area contributed by atoms with Crippen molar-refractivity contribution in [1.82, 2.24) is 4.90 Å². The molecule has 1 heterocycles. The number of amidine groups is 1. The zero-order chi connectivity index (χ0) is 20.1. The van der Waals surface area contributed by atoms with Gasteiger partial charge in [-0.15, -0.1) is 0 Å². The van der Waals surface area contributed by atoms with Crippen LogP contribution in [-0.2, 0) is 4.79 Å². The lowest BCUT2D eigenvalue weighted by atomic mass is 10.1. The lowest BCUT2D eigenvalue weighted by Crippen LogP contribution is -2.26. The standard InChI is InChI=1S/C23H24FN3O/c1-4-14-26(2)20-11-8-18(9-12-20)16-21-23(28)27(3)22(25-21)13-10-17-6-5-7-19(24)15-17/h5-13,15-16H,4,14H2,1-3H3/b13-10+,21-16-. The Labute approximate surface area is 165 Å². The average Bonchev–Trinajstić information content (AvgIpc) is 2.95. The van der Waals surface area contributed by atoms with Gasteiger partial charge in [-0.2, -0.15) is 0 Å². The van der Waals surface area contributed by atoms with E-state index in [9.17, 15) is 9.18 Å². The number of anilines is 1. The molecule has 0 spiro atoms. The normalized spacial score (nSPS) is 15.6. The van der Waals surface area contributed by atoms with Crippen molar-refractivity contribution < 1.29 is 9.18 Å². The van der Waals surface area contributed by atoms with Gasteiger partial charge in [-0.3, -0.25) is 9.69 Å². The second-order valence-electron chi connectivity index (χ2n) is 6.77. The van der Waals surface area contributed by atoms with Crippen LogP contribution >= 0.6 is 0 Å². The first-order valence-electron chi connectivity index (χ1n) is 9.31. The predicted octanol–water partition coefficient (Wildman–Crippen LogP) is 4.60. The van der Waals surface area contributed by atoms with Gasteiger partial charge in [0.2, 0.25) is 0 Å². The lowest BCUT2D eigenvalue weighted by Gasteiger charge is -2.18. The molecule has 0 N–H and O–H groups in total. The zero-order valence-corrected chi connectivity index (χ0v) is 16.4. The molecule has 0 aliphatic carbocycles. The van der Waals surface area contributed by atoms with E-state index < -0.39 is 0 Å². The number of rotatable bonds is 6. The summed E-state index contributed by atoms with van der Waals surface area (Å²) in [6.45, 7) is 3.14. The lowest BCUT2D eigenvalue weighted by molar-refractivity contribution is -0.121. The van der Waals surface area contributed by atoms with E-state index in [4.69, 9.17) is 0 Å². The van der Waals surface area contributed by atoms with Crippen LogP contribution in [0.4, 0.5) is 10.1 Å². The maximum Gasteiger partial charge on any atom is 0.277 e. The minimum Gasteiger partial charge on any atom is -0.375 e. The minimum absolute atomic E-state index is 0.161. The summed E-state index contributed by atoms with van der Waals surface area (Å²) in [7, 11) is 3.74. The highest BCUT2D eigenvalue weighted by molar-refractivity contribution is 6.18. The molecular weight excluding hydrogens is 353 g/mol. The highest BCUT2D eigenvalue weighted by atomic mass is 19.1. The molecular formula is C23H24FN3O. The molecule has 0 fully saturated rings. The molecule has 2 aromatic rings. The molecule has 5 heteroatoms. The number of carbonyl (C=O) groups is 1. The number of benzene rings is 2. The van der Waals surface area contributed by atoms with Crippen LogP contribution in [0.1, 0.15) is 24.5 Å². The van der Waals surface area contributed by atoms with Crippen LogP contribution in [0, 0.1) is 5.82 Å². The molecule has 2 aromatic carbocycles. The van der Waals surface area contributed by atoms with E-state index in [1.54, 1.807) is 37.4 Å². The van der Waals surface area contributed by atoms with Crippen molar-refractivity contribution in [2.45, 2.75) is 13.3 Å². The van der Waals surface area contributed by atoms with Gasteiger partial charge in [0.05, 0.1) is 0 Å². The summed E-state index contributed by atoms with van der Waals surface area (Å²) in [6.07, 6.45) is 6.33. The number of hydrogen-bond donors (Lipinski definition) is 0. The molecule has 0 aromatic heterocycles. The summed E-state index contributed by atoms with van der Waals surface area (Å²) in [5.74, 6) is 0.0689. The Morgan fingerprint density at radius 2 is 1.86 bits per heavy atom. The van der Waals surface area contributed by atoms with E-state index in [1.807, 2.05) is 24.3 Å². The predicted molar refractivity (Wildman–Crippen MR) is 114 cm³/mol. The third kappa shape index (κ3) is 4.55. The molecule has 4 nitrogen and oxygen atoms in total. The third-order valence-corrected chi connectivity index (χ3v) is 4.57. The number of nitrogens with zero attached hydrogens (tertiary/aromatic N) is 3. The van der Waals surface area contributed by atoms with Crippen LogP contribution in [-0.4, -0.2) is 37.3 Å². The van der Waals surface area contributed by atoms with Crippen LogP contribution < -0.4 is 4.90 Å². The van der Waals surface area contributed by atoms with E-state index in [2.05, 4.69) is 23.9 Å². The van der Waals surface area contributed by atoms with Crippen LogP contribution in [0.25, 0.3) is 12.2 Å². The second kappa shape index (κ2) is 8.65. The maximum atomic E-state index is 13.3. The van der Waals surface area contributed by atoms with Gasteiger partial charge in [0.1, 0.15) is 17.3 Å². The van der Waals surface area contributed by atoms with E-state index in [-0.39, 0.29) is 11.7 Å². The first-order valence-corrected chi connectivity index (χ1v) is 9.31. The summed E-state index contributed by atoms with van der Waals surface area (Å²) in [6, 6.07) is 14.3. The second-order valence-corrected chi connectivity index (χ2v) is 6.77. The highest BCUT2D eigenvalue weighted by Crippen LogP contribution is 2.20. The van der Waals surface area contributed by atoms with Crippen LogP contribution in [0.15, 0.2) is 65.3 Å². The van der Waals surface area contributed by atoms with Crippen LogP contribution in [0.3, 0.4) is 0 Å². The fraction of sp³-hybridized carbons (Fsp3) is 0.217. The van der Waals surface area contributed by atoms with Crippen molar-refractivity contribution in [3.05, 3.63) is 77.2 Å². The molecule has 0 saturated heterocycles. The third-order valence-electron chi connectivity index (χ3n) is 4.57. The Bertz CT molecular complexity index is 945. The molecule has 0 saturated carbocycles. The summed E-state index contributed by atoms with van der Waals surface area (Å²) in [5, 5.41) is 0. The van der Waals surface area contributed by atoms with Crippen LogP contribution in [0.2, 0.25) is 0 Å². The minimum atomic E-state index is -0.298. The van der Waals surface area contributed by atoms with Gasteiger partial charge < -0.3 is 4.90 Å². The Morgan fingerprint density at radius 3 is 2.54 bits per heavy atom. The highest BCUT2D eigenvalue weighted by Gasteiger charge is 2.25. The number of carbonyl (C=O) groups excluding carboxylic acids is 1. The monoisotopic (exact) mass is 377 g/mol. The van der Waals surface area contributed by atoms with Crippen molar-refractivity contribution >= 4 is 29.6 Å². The molecule has 1 aliphatic heterocycles. The first-order chi connectivity index (χ1) is 13.5. The van der Waals surface area contributed by atoms with Gasteiger partial charge in [0.25, 0.3) is 5.91 Å². The molecule has 3 rings (SSSR count). The number of likely N-dealkylation sites (N-methyl/N-ethyl adjacent to an activating group) is 1. The van der Waals surface area contributed by atoms with Crippen molar-refractivity contribution in [2.24, 2.45) is 4.99 Å². The van der Waals surface area contributed by atoms with E-state index in [1.165, 1.54) is 17.0 Å². The number of halogens is 1. The van der Waals surface area contributed by atoms with Gasteiger partial charge in [-0.1, -0.05) is 37.3 Å². The SMILES string of the molecule is CCCN(C)c1ccc(/C=C2N=C(/C=C/c3cccc(F)c3)N(C)C\2=O)cc1. The summed E-state index contributed by atoms with van der Waals surface area (Å²) >= 11 is 0. The van der Waals surface area contributed by atoms with Gasteiger partial charge in [0, 0.05) is 26.3 Å². The quantitative estimate of drug-likeness (QED) is 0.690. The number of aliphatic imine (C=N–C) groups is 1. The molecule has 1 aliphatic rings. The molecule has 28 heavy (non-hydrogen) atoms. The van der Waals surface area contributed by atoms with Crippen molar-refractivity contribution in [2.75, 3.05) is 25.5 Å². The van der Waals surface area contributed by atoms with Crippen molar-refractivity contribution in [3.63, 3.8) is 0 Å². The zero-order valence-electron chi connectivity index (χ0n) is 16.4. The maximum absolute atomic E-state index is 13.3. The summed E-state index contributed by atoms with van der Waals surface area (Å²) in [4.78, 5) is 20.6.